The molecule has 0 amide bonds. The Labute approximate surface area is 285 Å². The minimum Gasteiger partial charge on any atom is -0.454 e. The molecule has 48 heavy (non-hydrogen) atoms. The molecule has 6 heteroatoms. The number of fused-ring (bicyclic) bond motifs is 2. The third-order valence-electron chi connectivity index (χ3n) is 9.12. The van der Waals surface area contributed by atoms with Gasteiger partial charge < -0.3 is 18.6 Å². The summed E-state index contributed by atoms with van der Waals surface area (Å²) in [5.41, 5.74) is 7.43. The smallest absolute Gasteiger partial charge is 0.153 e. The lowest BCUT2D eigenvalue weighted by Crippen LogP contribution is -2.25. The lowest BCUT2D eigenvalue weighted by atomic mass is 10.1. The molecule has 0 unspecified atom stereocenters. The Hall–Kier alpha value is -4.58. The Bertz CT molecular complexity index is 1770. The van der Waals surface area contributed by atoms with E-state index < -0.39 is 0 Å². The molecule has 4 aromatic heterocycles. The van der Waals surface area contributed by atoms with Gasteiger partial charge in [-0.25, -0.2) is 9.97 Å². The summed E-state index contributed by atoms with van der Waals surface area (Å²) in [6.45, 7) is 13.3. The number of hydrogen-bond acceptors (Lipinski definition) is 6. The van der Waals surface area contributed by atoms with Crippen molar-refractivity contribution in [2.45, 2.75) is 79.1 Å². The van der Waals surface area contributed by atoms with Gasteiger partial charge in [-0.2, -0.15) is 0 Å². The van der Waals surface area contributed by atoms with Gasteiger partial charge in [0.25, 0.3) is 0 Å². The van der Waals surface area contributed by atoms with E-state index in [4.69, 9.17) is 18.8 Å². The van der Waals surface area contributed by atoms with Gasteiger partial charge in [-0.3, -0.25) is 0 Å². The SMILES string of the molecule is CCCCN(CCCC)c1ccc2oc(-c3cccc(-c4cccc(-c5cc6cc(N(CCCC)CCCC)ccc6o5)n4)n3)cc2c1. The van der Waals surface area contributed by atoms with Crippen molar-refractivity contribution in [2.75, 3.05) is 36.0 Å². The van der Waals surface area contributed by atoms with Crippen LogP contribution in [0, 0.1) is 0 Å². The van der Waals surface area contributed by atoms with E-state index in [-0.39, 0.29) is 0 Å². The summed E-state index contributed by atoms with van der Waals surface area (Å²) in [6, 6.07) is 29.4. The Kier molecular flexibility index (Phi) is 11.1. The van der Waals surface area contributed by atoms with Crippen molar-refractivity contribution in [3.8, 4) is 34.3 Å². The Morgan fingerprint density at radius 1 is 0.458 bits per heavy atom. The van der Waals surface area contributed by atoms with E-state index >= 15 is 0 Å². The van der Waals surface area contributed by atoms with Crippen LogP contribution >= 0.6 is 0 Å². The van der Waals surface area contributed by atoms with Gasteiger partial charge >= 0.3 is 0 Å². The number of furan rings is 2. The van der Waals surface area contributed by atoms with Gasteiger partial charge in [0.1, 0.15) is 22.6 Å². The van der Waals surface area contributed by atoms with Crippen molar-refractivity contribution in [1.82, 2.24) is 9.97 Å². The molecule has 0 aliphatic rings. The first-order valence-corrected chi connectivity index (χ1v) is 18.1. The number of pyridine rings is 2. The molecule has 0 spiro atoms. The highest BCUT2D eigenvalue weighted by atomic mass is 16.3. The Morgan fingerprint density at radius 3 is 1.21 bits per heavy atom. The molecule has 0 radical (unpaired) electrons. The first kappa shape index (κ1) is 33.3. The zero-order chi connectivity index (χ0) is 33.3. The minimum absolute atomic E-state index is 0.758. The zero-order valence-electron chi connectivity index (χ0n) is 29.2. The van der Waals surface area contributed by atoms with Crippen molar-refractivity contribution in [2.24, 2.45) is 0 Å². The third-order valence-corrected chi connectivity index (χ3v) is 9.12. The highest BCUT2D eigenvalue weighted by molar-refractivity contribution is 5.87. The number of anilines is 2. The lowest BCUT2D eigenvalue weighted by molar-refractivity contribution is 0.628. The average Bonchev–Trinajstić information content (AvgIpc) is 3.76. The van der Waals surface area contributed by atoms with Crippen molar-refractivity contribution >= 4 is 33.3 Å². The molecule has 0 saturated heterocycles. The molecule has 6 aromatic rings. The standard InChI is InChI=1S/C42H50N4O2/c1-5-9-23-45(24-10-6-2)33-19-21-39-31(27-33)29-41(47-39)37-17-13-15-35(43-37)36-16-14-18-38(44-36)42-30-32-28-34(20-22-40(32)48-42)46(25-11-7-3)26-12-8-4/h13-22,27-30H,5-12,23-26H2,1-4H3. The maximum absolute atomic E-state index is 6.32. The zero-order valence-corrected chi connectivity index (χ0v) is 29.2. The normalized spacial score (nSPS) is 11.5. The van der Waals surface area contributed by atoms with Crippen molar-refractivity contribution < 1.29 is 8.83 Å². The van der Waals surface area contributed by atoms with Crippen LogP contribution in [0.2, 0.25) is 0 Å². The van der Waals surface area contributed by atoms with Gasteiger partial charge in [0.05, 0.1) is 11.4 Å². The van der Waals surface area contributed by atoms with Gasteiger partial charge in [-0.15, -0.1) is 0 Å². The molecule has 0 atom stereocenters. The molecular weight excluding hydrogens is 592 g/mol. The minimum atomic E-state index is 0.758. The van der Waals surface area contributed by atoms with Crippen LogP contribution in [0.25, 0.3) is 56.2 Å². The molecule has 0 aliphatic carbocycles. The summed E-state index contributed by atoms with van der Waals surface area (Å²) in [5, 5.41) is 2.19. The van der Waals surface area contributed by atoms with Crippen LogP contribution in [0.5, 0.6) is 0 Å². The number of hydrogen-bond donors (Lipinski definition) is 0. The topological polar surface area (TPSA) is 58.5 Å². The maximum Gasteiger partial charge on any atom is 0.153 e. The van der Waals surface area contributed by atoms with E-state index in [0.717, 1.165) is 82.4 Å². The second kappa shape index (κ2) is 16.0. The monoisotopic (exact) mass is 642 g/mol. The van der Waals surface area contributed by atoms with Crippen LogP contribution in [0.3, 0.4) is 0 Å². The molecule has 0 aliphatic heterocycles. The highest BCUT2D eigenvalue weighted by Gasteiger charge is 2.15. The van der Waals surface area contributed by atoms with Crippen LogP contribution < -0.4 is 9.80 Å². The van der Waals surface area contributed by atoms with Gasteiger partial charge in [0.15, 0.2) is 11.5 Å². The molecule has 0 fully saturated rings. The molecule has 0 bridgehead atoms. The van der Waals surface area contributed by atoms with E-state index in [1.54, 1.807) is 0 Å². The fourth-order valence-corrected chi connectivity index (χ4v) is 6.27. The fraction of sp³-hybridized carbons (Fsp3) is 0.381. The molecule has 0 saturated carbocycles. The fourth-order valence-electron chi connectivity index (χ4n) is 6.27. The van der Waals surface area contributed by atoms with Crippen molar-refractivity contribution in [1.29, 1.82) is 0 Å². The molecule has 6 nitrogen and oxygen atoms in total. The second-order valence-electron chi connectivity index (χ2n) is 12.9. The number of rotatable bonds is 17. The van der Waals surface area contributed by atoms with Crippen LogP contribution in [0.1, 0.15) is 79.1 Å². The quantitative estimate of drug-likeness (QED) is 0.0986. The lowest BCUT2D eigenvalue weighted by Gasteiger charge is -2.24. The molecule has 4 heterocycles. The number of nitrogens with zero attached hydrogens (tertiary/aromatic N) is 4. The van der Waals surface area contributed by atoms with Crippen LogP contribution in [-0.4, -0.2) is 36.1 Å². The predicted octanol–water partition coefficient (Wildman–Crippen LogP) is 11.8. The number of unbranched alkanes of at least 4 members (excludes halogenated alkanes) is 4. The van der Waals surface area contributed by atoms with Gasteiger partial charge in [-0.05, 0) is 98.5 Å². The first-order chi connectivity index (χ1) is 23.6. The van der Waals surface area contributed by atoms with E-state index in [9.17, 15) is 0 Å². The van der Waals surface area contributed by atoms with E-state index in [2.05, 4.69) is 86.0 Å². The van der Waals surface area contributed by atoms with Gasteiger partial charge in [0, 0.05) is 48.3 Å². The van der Waals surface area contributed by atoms with Crippen LogP contribution in [0.15, 0.2) is 93.8 Å². The summed E-state index contributed by atoms with van der Waals surface area (Å²) in [7, 11) is 0. The van der Waals surface area contributed by atoms with E-state index in [1.165, 1.54) is 62.7 Å². The largest absolute Gasteiger partial charge is 0.454 e. The van der Waals surface area contributed by atoms with Gasteiger partial charge in [-0.1, -0.05) is 65.5 Å². The van der Waals surface area contributed by atoms with E-state index in [0.29, 0.717) is 0 Å². The van der Waals surface area contributed by atoms with E-state index in [1.807, 2.05) is 36.4 Å². The predicted molar refractivity (Wildman–Crippen MR) is 202 cm³/mol. The summed E-state index contributed by atoms with van der Waals surface area (Å²) in [5.74, 6) is 1.52. The Balaban J connectivity index is 1.24. The third kappa shape index (κ3) is 7.75. The molecule has 250 valence electrons. The van der Waals surface area contributed by atoms with Crippen molar-refractivity contribution in [3.63, 3.8) is 0 Å². The maximum atomic E-state index is 6.32. The summed E-state index contributed by atoms with van der Waals surface area (Å²) >= 11 is 0. The molecular formula is C42H50N4O2. The molecule has 6 rings (SSSR count). The molecule has 0 N–H and O–H groups in total. The summed E-state index contributed by atoms with van der Waals surface area (Å²) in [6.07, 6.45) is 9.54. The Morgan fingerprint density at radius 2 is 0.833 bits per heavy atom. The first-order valence-electron chi connectivity index (χ1n) is 18.1. The highest BCUT2D eigenvalue weighted by Crippen LogP contribution is 2.33. The van der Waals surface area contributed by atoms with Crippen molar-refractivity contribution in [3.05, 3.63) is 84.9 Å². The second-order valence-corrected chi connectivity index (χ2v) is 12.9. The number of aromatic nitrogens is 2. The summed E-state index contributed by atoms with van der Waals surface area (Å²) < 4.78 is 12.6. The van der Waals surface area contributed by atoms with Crippen LogP contribution in [0.4, 0.5) is 11.4 Å². The molecule has 2 aromatic carbocycles. The van der Waals surface area contributed by atoms with Gasteiger partial charge in [0.2, 0.25) is 0 Å². The average molecular weight is 643 g/mol. The summed E-state index contributed by atoms with van der Waals surface area (Å²) in [4.78, 5) is 15.0. The number of benzene rings is 2. The van der Waals surface area contributed by atoms with Crippen LogP contribution in [-0.2, 0) is 0 Å².